The summed E-state index contributed by atoms with van der Waals surface area (Å²) < 4.78 is 4.54. The van der Waals surface area contributed by atoms with Crippen LogP contribution < -0.4 is 11.3 Å². The molecule has 4 rings (SSSR count). The first-order valence-corrected chi connectivity index (χ1v) is 9.63. The van der Waals surface area contributed by atoms with E-state index in [1.54, 1.807) is 6.07 Å². The van der Waals surface area contributed by atoms with Crippen molar-refractivity contribution in [2.45, 2.75) is 10.8 Å². The summed E-state index contributed by atoms with van der Waals surface area (Å²) in [5, 5.41) is 13.9. The van der Waals surface area contributed by atoms with E-state index in [4.69, 9.17) is 0 Å². The number of hydrogen-bond donors (Lipinski definition) is 2. The van der Waals surface area contributed by atoms with Gasteiger partial charge in [0.15, 0.2) is 5.82 Å². The molecule has 0 saturated heterocycles. The number of thioether (sulfide) groups is 1. The summed E-state index contributed by atoms with van der Waals surface area (Å²) in [5.41, 5.74) is 3.23. The van der Waals surface area contributed by atoms with Gasteiger partial charge in [-0.1, -0.05) is 53.7 Å². The number of benzene rings is 2. The Labute approximate surface area is 169 Å². The molecule has 0 fully saturated rings. The summed E-state index contributed by atoms with van der Waals surface area (Å²) in [6.07, 6.45) is 0. The number of hydrogen-bond acceptors (Lipinski definition) is 6. The van der Waals surface area contributed by atoms with Gasteiger partial charge in [0.25, 0.3) is 0 Å². The van der Waals surface area contributed by atoms with Crippen LogP contribution >= 0.6 is 11.8 Å². The average molecular weight is 402 g/mol. The zero-order valence-corrected chi connectivity index (χ0v) is 15.8. The zero-order chi connectivity index (χ0) is 20.2. The average Bonchev–Trinajstić information content (AvgIpc) is 3.19. The molecule has 2 N–H and O–H groups in total. The molecule has 2 aromatic carbocycles. The van der Waals surface area contributed by atoms with E-state index < -0.39 is 5.76 Å². The summed E-state index contributed by atoms with van der Waals surface area (Å²) in [6, 6.07) is 20.4. The lowest BCUT2D eigenvalue weighted by Gasteiger charge is -2.09. The largest absolute Gasteiger partial charge is 0.439 e. The third-order valence-electron chi connectivity index (χ3n) is 4.23. The van der Waals surface area contributed by atoms with Gasteiger partial charge >= 0.3 is 5.76 Å². The van der Waals surface area contributed by atoms with E-state index in [1.165, 1.54) is 17.8 Å². The molecule has 0 bridgehead atoms. The molecule has 2 aromatic heterocycles. The summed E-state index contributed by atoms with van der Waals surface area (Å²) in [4.78, 5) is 28.6. The van der Waals surface area contributed by atoms with E-state index >= 15 is 0 Å². The molecule has 0 amide bonds. The number of nitrogens with zero attached hydrogens (tertiary/aromatic N) is 2. The second-order valence-corrected chi connectivity index (χ2v) is 7.15. The predicted octanol–water partition coefficient (Wildman–Crippen LogP) is 3.55. The van der Waals surface area contributed by atoms with E-state index in [2.05, 4.69) is 25.7 Å². The van der Waals surface area contributed by atoms with Gasteiger partial charge in [-0.25, -0.2) is 4.79 Å². The Morgan fingerprint density at radius 2 is 1.79 bits per heavy atom. The molecule has 0 aliphatic carbocycles. The minimum atomic E-state index is -0.617. The van der Waals surface area contributed by atoms with E-state index in [0.29, 0.717) is 33.3 Å². The van der Waals surface area contributed by atoms with Crippen LogP contribution in [0.4, 0.5) is 0 Å². The minimum Gasteiger partial charge on any atom is -0.316 e. The first-order chi connectivity index (χ1) is 14.1. The van der Waals surface area contributed by atoms with Gasteiger partial charge < -0.3 is 4.98 Å². The van der Waals surface area contributed by atoms with Crippen LogP contribution in [0.25, 0.3) is 22.5 Å². The molecule has 0 spiro atoms. The van der Waals surface area contributed by atoms with Crippen molar-refractivity contribution in [3.63, 3.8) is 0 Å². The lowest BCUT2D eigenvalue weighted by molar-refractivity contribution is 0.388. The molecular formula is C21H14N4O3S. The second kappa shape index (κ2) is 8.04. The summed E-state index contributed by atoms with van der Waals surface area (Å²) >= 11 is 1.36. The maximum Gasteiger partial charge on any atom is 0.439 e. The highest BCUT2D eigenvalue weighted by atomic mass is 32.2. The highest BCUT2D eigenvalue weighted by molar-refractivity contribution is 7.98. The van der Waals surface area contributed by atoms with E-state index in [9.17, 15) is 14.9 Å². The van der Waals surface area contributed by atoms with Gasteiger partial charge in [-0.05, 0) is 17.2 Å². The molecule has 4 aromatic rings. The smallest absolute Gasteiger partial charge is 0.316 e. The molecule has 142 valence electrons. The fourth-order valence-corrected chi connectivity index (χ4v) is 3.88. The monoisotopic (exact) mass is 402 g/mol. The van der Waals surface area contributed by atoms with Crippen molar-refractivity contribution in [2.24, 2.45) is 0 Å². The topological polar surface area (TPSA) is 116 Å². The third-order valence-corrected chi connectivity index (χ3v) is 5.30. The van der Waals surface area contributed by atoms with Gasteiger partial charge in [0.05, 0.1) is 10.6 Å². The van der Waals surface area contributed by atoms with E-state index in [1.807, 2.05) is 48.5 Å². The van der Waals surface area contributed by atoms with E-state index in [-0.39, 0.29) is 5.56 Å². The molecule has 0 aliphatic rings. The molecular weight excluding hydrogens is 388 g/mol. The third kappa shape index (κ3) is 4.05. The number of rotatable bonds is 5. The van der Waals surface area contributed by atoms with Crippen molar-refractivity contribution in [3.05, 3.63) is 92.7 Å². The van der Waals surface area contributed by atoms with Crippen molar-refractivity contribution >= 4 is 11.8 Å². The van der Waals surface area contributed by atoms with Gasteiger partial charge in [0.2, 0.25) is 5.56 Å². The van der Waals surface area contributed by atoms with Crippen LogP contribution in [0.2, 0.25) is 0 Å². The van der Waals surface area contributed by atoms with Crippen LogP contribution in [0.1, 0.15) is 11.1 Å². The maximum atomic E-state index is 12.2. The number of nitriles is 1. The van der Waals surface area contributed by atoms with Crippen molar-refractivity contribution in [3.8, 4) is 28.6 Å². The Bertz CT molecular complexity index is 1320. The first-order valence-electron chi connectivity index (χ1n) is 8.65. The standard InChI is InChI=1S/C21H14N4O3S/c22-11-17-16(14-6-2-1-3-7-14)10-18(26)23-20(17)29-12-13-5-4-8-15(9-13)19-24-21(27)28-25-19/h1-10H,12H2,(H,23,26)(H,24,25,27). The number of nitrogens with one attached hydrogen (secondary N) is 2. The molecule has 0 aliphatic heterocycles. The summed E-state index contributed by atoms with van der Waals surface area (Å²) in [6.45, 7) is 0. The van der Waals surface area contributed by atoms with Gasteiger partial charge in [-0.2, -0.15) is 5.26 Å². The van der Waals surface area contributed by atoms with Gasteiger partial charge in [0, 0.05) is 22.9 Å². The Balaban J connectivity index is 1.64. The SMILES string of the molecule is N#Cc1c(-c2ccccc2)cc(=O)[nH]c1SCc1cccc(-c2noc(=O)[nH]2)c1. The van der Waals surface area contributed by atoms with Crippen LogP contribution in [-0.2, 0) is 5.75 Å². The van der Waals surface area contributed by atoms with Crippen LogP contribution in [-0.4, -0.2) is 15.1 Å². The number of pyridine rings is 1. The van der Waals surface area contributed by atoms with Crippen molar-refractivity contribution in [1.82, 2.24) is 15.1 Å². The molecule has 7 nitrogen and oxygen atoms in total. The molecule has 8 heteroatoms. The molecule has 0 radical (unpaired) electrons. The molecule has 0 atom stereocenters. The lowest BCUT2D eigenvalue weighted by Crippen LogP contribution is -2.08. The fraction of sp³-hybridized carbons (Fsp3) is 0.0476. The molecule has 0 unspecified atom stereocenters. The Kier molecular flexibility index (Phi) is 5.14. The fourth-order valence-electron chi connectivity index (χ4n) is 2.92. The zero-order valence-electron chi connectivity index (χ0n) is 15.0. The van der Waals surface area contributed by atoms with Crippen molar-refractivity contribution in [2.75, 3.05) is 0 Å². The first kappa shape index (κ1) is 18.5. The Hall–Kier alpha value is -3.83. The highest BCUT2D eigenvalue weighted by Gasteiger charge is 2.13. The minimum absolute atomic E-state index is 0.265. The normalized spacial score (nSPS) is 10.6. The quantitative estimate of drug-likeness (QED) is 0.493. The molecule has 2 heterocycles. The maximum absolute atomic E-state index is 12.2. The van der Waals surface area contributed by atoms with E-state index in [0.717, 1.165) is 11.1 Å². The lowest BCUT2D eigenvalue weighted by atomic mass is 10.0. The van der Waals surface area contributed by atoms with Gasteiger partial charge in [0.1, 0.15) is 6.07 Å². The van der Waals surface area contributed by atoms with Crippen LogP contribution in [0.15, 0.2) is 79.8 Å². The Morgan fingerprint density at radius 1 is 1.00 bits per heavy atom. The number of aromatic amines is 2. The van der Waals surface area contributed by atoms with Crippen LogP contribution in [0.3, 0.4) is 0 Å². The van der Waals surface area contributed by atoms with Crippen molar-refractivity contribution < 1.29 is 4.52 Å². The summed E-state index contributed by atoms with van der Waals surface area (Å²) in [5.74, 6) is 0.242. The molecule has 0 saturated carbocycles. The number of aromatic nitrogens is 3. The van der Waals surface area contributed by atoms with Crippen LogP contribution in [0, 0.1) is 11.3 Å². The summed E-state index contributed by atoms with van der Waals surface area (Å²) in [7, 11) is 0. The Morgan fingerprint density at radius 3 is 2.52 bits per heavy atom. The number of H-pyrrole nitrogens is 2. The predicted molar refractivity (Wildman–Crippen MR) is 109 cm³/mol. The van der Waals surface area contributed by atoms with Gasteiger partial charge in [-0.15, -0.1) is 11.8 Å². The van der Waals surface area contributed by atoms with Crippen LogP contribution in [0.5, 0.6) is 0 Å². The second-order valence-electron chi connectivity index (χ2n) is 6.16. The molecule has 29 heavy (non-hydrogen) atoms. The highest BCUT2D eigenvalue weighted by Crippen LogP contribution is 2.30. The van der Waals surface area contributed by atoms with Gasteiger partial charge in [-0.3, -0.25) is 14.3 Å². The van der Waals surface area contributed by atoms with Crippen molar-refractivity contribution in [1.29, 1.82) is 5.26 Å².